The fourth-order valence-electron chi connectivity index (χ4n) is 4.62. The summed E-state index contributed by atoms with van der Waals surface area (Å²) in [6.45, 7) is 4.14. The van der Waals surface area contributed by atoms with E-state index in [1.807, 2.05) is 6.92 Å². The zero-order chi connectivity index (χ0) is 27.2. The van der Waals surface area contributed by atoms with E-state index >= 15 is 0 Å². The van der Waals surface area contributed by atoms with Gasteiger partial charge in [-0.1, -0.05) is 77.6 Å². The molecule has 0 heterocycles. The molecule has 0 aromatic heterocycles. The zero-order valence-electron chi connectivity index (χ0n) is 22.9. The number of rotatable bonds is 26. The maximum atomic E-state index is 11.7. The highest BCUT2D eigenvalue weighted by atomic mass is 35.5. The largest absolute Gasteiger partial charge is 0.481 e. The summed E-state index contributed by atoms with van der Waals surface area (Å²) < 4.78 is 0. The predicted molar refractivity (Wildman–Crippen MR) is 163 cm³/mol. The Morgan fingerprint density at radius 3 is 1.53 bits per heavy atom. The van der Waals surface area contributed by atoms with E-state index in [0.29, 0.717) is 11.8 Å². The second-order valence-electron chi connectivity index (χ2n) is 10.6. The van der Waals surface area contributed by atoms with Crippen LogP contribution in [0.15, 0.2) is 0 Å². The molecule has 0 aromatic carbocycles. The number of alkyl halides is 5. The van der Waals surface area contributed by atoms with Crippen LogP contribution in [-0.2, 0) is 4.79 Å². The van der Waals surface area contributed by atoms with Crippen LogP contribution in [-0.4, -0.2) is 38.0 Å². The number of halogens is 5. The molecule has 7 heteroatoms. The molecule has 2 nitrogen and oxygen atoms in total. The molecule has 0 amide bonds. The van der Waals surface area contributed by atoms with Crippen LogP contribution < -0.4 is 0 Å². The fraction of sp³-hybridized carbons (Fsp3) is 0.966. The molecule has 0 spiro atoms. The van der Waals surface area contributed by atoms with E-state index in [1.54, 1.807) is 0 Å². The summed E-state index contributed by atoms with van der Waals surface area (Å²) in [4.78, 5) is 11.7. The van der Waals surface area contributed by atoms with Gasteiger partial charge >= 0.3 is 5.97 Å². The van der Waals surface area contributed by atoms with E-state index in [0.717, 1.165) is 77.0 Å². The molecule has 0 saturated carbocycles. The number of carbonyl (C=O) groups is 1. The molecule has 0 aliphatic heterocycles. The molecule has 0 saturated heterocycles. The van der Waals surface area contributed by atoms with E-state index in [-0.39, 0.29) is 27.4 Å². The minimum atomic E-state index is -0.666. The van der Waals surface area contributed by atoms with Gasteiger partial charge in [-0.05, 0) is 64.7 Å². The number of unbranched alkanes of at least 4 members (excludes halogenated alkanes) is 8. The summed E-state index contributed by atoms with van der Waals surface area (Å²) in [5.74, 6) is -0.916. The zero-order valence-corrected chi connectivity index (χ0v) is 26.6. The van der Waals surface area contributed by atoms with Gasteiger partial charge < -0.3 is 5.11 Å². The molecule has 0 rings (SSSR count). The van der Waals surface area contributed by atoms with Crippen molar-refractivity contribution in [2.24, 2.45) is 5.92 Å². The van der Waals surface area contributed by atoms with Crippen molar-refractivity contribution in [1.82, 2.24) is 0 Å². The fourth-order valence-corrected chi connectivity index (χ4v) is 5.74. The number of aliphatic carboxylic acids is 1. The van der Waals surface area contributed by atoms with Crippen molar-refractivity contribution in [1.29, 1.82) is 0 Å². The first-order chi connectivity index (χ1) is 17.2. The molecular formula is C29H53Cl5O2. The lowest BCUT2D eigenvalue weighted by Gasteiger charge is -2.18. The Kier molecular flexibility index (Phi) is 25.6. The van der Waals surface area contributed by atoms with Gasteiger partial charge in [0, 0.05) is 26.9 Å². The molecule has 0 aliphatic rings. The summed E-state index contributed by atoms with van der Waals surface area (Å²) in [5, 5.41) is 9.99. The van der Waals surface area contributed by atoms with E-state index in [1.165, 1.54) is 44.9 Å². The van der Waals surface area contributed by atoms with Crippen LogP contribution >= 0.6 is 58.0 Å². The maximum absolute atomic E-state index is 11.7. The molecule has 0 bridgehead atoms. The molecular weight excluding hydrogens is 558 g/mol. The Balaban J connectivity index is 3.80. The lowest BCUT2D eigenvalue weighted by Crippen LogP contribution is -2.17. The lowest BCUT2D eigenvalue weighted by molar-refractivity contribution is -0.142. The smallest absolute Gasteiger partial charge is 0.306 e. The van der Waals surface area contributed by atoms with E-state index in [4.69, 9.17) is 58.0 Å². The van der Waals surface area contributed by atoms with Crippen molar-refractivity contribution < 1.29 is 9.90 Å². The summed E-state index contributed by atoms with van der Waals surface area (Å²) in [6.07, 6.45) is 20.8. The van der Waals surface area contributed by atoms with Crippen molar-refractivity contribution in [3.63, 3.8) is 0 Å². The van der Waals surface area contributed by atoms with Crippen molar-refractivity contribution in [3.8, 4) is 0 Å². The number of carboxylic acids is 1. The van der Waals surface area contributed by atoms with Gasteiger partial charge in [0.1, 0.15) is 0 Å². The molecule has 0 radical (unpaired) electrons. The van der Waals surface area contributed by atoms with Gasteiger partial charge in [-0.2, -0.15) is 0 Å². The lowest BCUT2D eigenvalue weighted by atomic mass is 9.94. The first-order valence-corrected chi connectivity index (χ1v) is 16.8. The molecule has 0 aromatic rings. The van der Waals surface area contributed by atoms with Crippen LogP contribution in [0.3, 0.4) is 0 Å². The molecule has 6 atom stereocenters. The Morgan fingerprint density at radius 1 is 0.556 bits per heavy atom. The van der Waals surface area contributed by atoms with E-state index < -0.39 is 5.97 Å². The molecule has 1 N–H and O–H groups in total. The third-order valence-electron chi connectivity index (χ3n) is 7.16. The summed E-state index contributed by atoms with van der Waals surface area (Å²) in [5.41, 5.74) is 0. The summed E-state index contributed by atoms with van der Waals surface area (Å²) in [7, 11) is 0. The van der Waals surface area contributed by atoms with Crippen LogP contribution in [0.1, 0.15) is 142 Å². The standard InChI is InChI=1S/C29H53Cl5O2/c1-3-25(31)18-12-10-8-6-4-5-7-9-11-16-24(29(35)36)17-14-19-26(32)21-22-28(34)27(33)20-13-15-23(2)30/h23-28H,3-22H2,1-2H3,(H,35,36). The van der Waals surface area contributed by atoms with Gasteiger partial charge in [-0.3, -0.25) is 4.79 Å². The molecule has 36 heavy (non-hydrogen) atoms. The molecule has 6 unspecified atom stereocenters. The number of hydrogen-bond acceptors (Lipinski definition) is 1. The van der Waals surface area contributed by atoms with Gasteiger partial charge in [0.2, 0.25) is 0 Å². The van der Waals surface area contributed by atoms with Crippen molar-refractivity contribution in [3.05, 3.63) is 0 Å². The average molecular weight is 611 g/mol. The maximum Gasteiger partial charge on any atom is 0.306 e. The van der Waals surface area contributed by atoms with Crippen molar-refractivity contribution in [2.45, 2.75) is 169 Å². The van der Waals surface area contributed by atoms with Crippen LogP contribution in [0, 0.1) is 5.92 Å². The van der Waals surface area contributed by atoms with Gasteiger partial charge in [0.25, 0.3) is 0 Å². The normalized spacial score (nSPS) is 16.9. The van der Waals surface area contributed by atoms with Crippen molar-refractivity contribution in [2.75, 3.05) is 0 Å². The summed E-state index contributed by atoms with van der Waals surface area (Å²) >= 11 is 31.5. The summed E-state index contributed by atoms with van der Waals surface area (Å²) in [6, 6.07) is 0. The van der Waals surface area contributed by atoms with Gasteiger partial charge in [0.05, 0.1) is 5.92 Å². The Labute approximate surface area is 247 Å². The van der Waals surface area contributed by atoms with Gasteiger partial charge in [-0.25, -0.2) is 0 Å². The predicted octanol–water partition coefficient (Wildman–Crippen LogP) is 11.6. The second-order valence-corrected chi connectivity index (χ2v) is 13.7. The van der Waals surface area contributed by atoms with Crippen LogP contribution in [0.5, 0.6) is 0 Å². The highest BCUT2D eigenvalue weighted by Crippen LogP contribution is 2.26. The van der Waals surface area contributed by atoms with Crippen LogP contribution in [0.2, 0.25) is 0 Å². The number of hydrogen-bond donors (Lipinski definition) is 1. The molecule has 216 valence electrons. The monoisotopic (exact) mass is 608 g/mol. The third kappa shape index (κ3) is 22.9. The quantitative estimate of drug-likeness (QED) is 0.0781. The second kappa shape index (κ2) is 24.9. The SMILES string of the molecule is CCC(Cl)CCCCCCCCCCCC(CCCC(Cl)CCC(Cl)C(Cl)CCCC(C)Cl)C(=O)O. The van der Waals surface area contributed by atoms with Crippen LogP contribution in [0.4, 0.5) is 0 Å². The minimum absolute atomic E-state index is 0.0235. The highest BCUT2D eigenvalue weighted by molar-refractivity contribution is 6.30. The van der Waals surface area contributed by atoms with E-state index in [9.17, 15) is 9.90 Å². The van der Waals surface area contributed by atoms with Gasteiger partial charge in [0.15, 0.2) is 0 Å². The molecule has 0 fully saturated rings. The topological polar surface area (TPSA) is 37.3 Å². The Bertz CT molecular complexity index is 506. The third-order valence-corrected chi connectivity index (χ3v) is 9.52. The van der Waals surface area contributed by atoms with E-state index in [2.05, 4.69) is 6.92 Å². The highest BCUT2D eigenvalue weighted by Gasteiger charge is 2.20. The minimum Gasteiger partial charge on any atom is -0.481 e. The van der Waals surface area contributed by atoms with Gasteiger partial charge in [-0.15, -0.1) is 58.0 Å². The molecule has 0 aliphatic carbocycles. The number of carboxylic acid groups (broad SMARTS) is 1. The first-order valence-electron chi connectivity index (χ1n) is 14.6. The van der Waals surface area contributed by atoms with Crippen molar-refractivity contribution >= 4 is 64.0 Å². The Hall–Kier alpha value is 0.920. The first kappa shape index (κ1) is 36.9. The van der Waals surface area contributed by atoms with Crippen LogP contribution in [0.25, 0.3) is 0 Å². The Morgan fingerprint density at radius 2 is 1.00 bits per heavy atom. The average Bonchev–Trinajstić information content (AvgIpc) is 2.83.